The second-order valence-electron chi connectivity index (χ2n) is 7.07. The van der Waals surface area contributed by atoms with Crippen molar-refractivity contribution in [2.45, 2.75) is 6.61 Å². The van der Waals surface area contributed by atoms with Crippen LogP contribution in [0.25, 0.3) is 6.08 Å². The number of carbonyl (C=O) groups is 2. The van der Waals surface area contributed by atoms with Crippen LogP contribution in [0, 0.1) is 5.82 Å². The lowest BCUT2D eigenvalue weighted by Crippen LogP contribution is -2.20. The minimum atomic E-state index is -0.439. The molecular formula is C25H18BrFN2O4S. The van der Waals surface area contributed by atoms with E-state index in [2.05, 4.69) is 26.2 Å². The fourth-order valence-electron chi connectivity index (χ4n) is 3.10. The average Bonchev–Trinajstić information content (AvgIpc) is 3.17. The van der Waals surface area contributed by atoms with Crippen molar-refractivity contribution in [3.05, 3.63) is 98.6 Å². The number of nitrogens with one attached hydrogen (secondary N) is 1. The predicted molar refractivity (Wildman–Crippen MR) is 133 cm³/mol. The van der Waals surface area contributed by atoms with E-state index >= 15 is 0 Å². The Hall–Kier alpha value is -3.43. The Morgan fingerprint density at radius 2 is 1.88 bits per heavy atom. The molecule has 2 amide bonds. The third-order valence-electron chi connectivity index (χ3n) is 4.75. The van der Waals surface area contributed by atoms with Gasteiger partial charge in [0.15, 0.2) is 16.7 Å². The summed E-state index contributed by atoms with van der Waals surface area (Å²) in [5.74, 6) is -0.335. The molecule has 0 radical (unpaired) electrons. The van der Waals surface area contributed by atoms with Crippen LogP contribution >= 0.6 is 27.7 Å². The lowest BCUT2D eigenvalue weighted by atomic mass is 10.1. The highest BCUT2D eigenvalue weighted by molar-refractivity contribution is 9.10. The van der Waals surface area contributed by atoms with E-state index in [4.69, 9.17) is 9.47 Å². The topological polar surface area (TPSA) is 77.0 Å². The van der Waals surface area contributed by atoms with Crippen molar-refractivity contribution in [1.82, 2.24) is 5.32 Å². The summed E-state index contributed by atoms with van der Waals surface area (Å²) in [6, 6.07) is 18.4. The van der Waals surface area contributed by atoms with E-state index in [1.54, 1.807) is 66.7 Å². The zero-order valence-electron chi connectivity index (χ0n) is 17.9. The summed E-state index contributed by atoms with van der Waals surface area (Å²) in [5.41, 5.74) is 1.51. The van der Waals surface area contributed by atoms with Crippen molar-refractivity contribution in [3.63, 3.8) is 0 Å². The van der Waals surface area contributed by atoms with Gasteiger partial charge in [-0.1, -0.05) is 36.4 Å². The molecule has 172 valence electrons. The summed E-state index contributed by atoms with van der Waals surface area (Å²) in [4.78, 5) is 29.1. The number of thioether (sulfide) groups is 1. The monoisotopic (exact) mass is 540 g/mol. The number of carbonyl (C=O) groups excluding carboxylic acids is 2. The van der Waals surface area contributed by atoms with E-state index in [0.29, 0.717) is 37.6 Å². The van der Waals surface area contributed by atoms with E-state index in [1.165, 1.54) is 13.2 Å². The standard InChI is InChI=1S/C25H18BrFN2O4S/c1-32-20-12-15(11-18(26)22(20)33-14-17-9-5-6-10-19(17)27)13-21-24(31)29-25(34-21)28-23(30)16-7-3-2-4-8-16/h2-13H,14H2,1H3,(H,28,29,30,31)/b21-13-. The number of amidine groups is 1. The van der Waals surface area contributed by atoms with Gasteiger partial charge in [-0.2, -0.15) is 4.99 Å². The van der Waals surface area contributed by atoms with Gasteiger partial charge in [0.2, 0.25) is 0 Å². The molecule has 0 atom stereocenters. The second-order valence-corrected chi connectivity index (χ2v) is 8.95. The second kappa shape index (κ2) is 10.7. The molecule has 1 aliphatic heterocycles. The minimum Gasteiger partial charge on any atom is -0.493 e. The average molecular weight is 541 g/mol. The molecule has 1 aliphatic rings. The fourth-order valence-corrected chi connectivity index (χ4v) is 4.49. The van der Waals surface area contributed by atoms with Crippen molar-refractivity contribution < 1.29 is 23.5 Å². The first kappa shape index (κ1) is 23.7. The highest BCUT2D eigenvalue weighted by Crippen LogP contribution is 2.38. The SMILES string of the molecule is COc1cc(/C=C2\SC(=NC(=O)c3ccccc3)NC2=O)cc(Br)c1OCc1ccccc1F. The van der Waals surface area contributed by atoms with E-state index in [0.717, 1.165) is 11.8 Å². The van der Waals surface area contributed by atoms with Crippen LogP contribution < -0.4 is 14.8 Å². The number of nitrogens with zero attached hydrogens (tertiary/aromatic N) is 1. The van der Waals surface area contributed by atoms with Crippen molar-refractivity contribution in [2.24, 2.45) is 4.99 Å². The van der Waals surface area contributed by atoms with E-state index < -0.39 is 5.91 Å². The van der Waals surface area contributed by atoms with Gasteiger partial charge in [0.25, 0.3) is 11.8 Å². The number of benzene rings is 3. The zero-order valence-corrected chi connectivity index (χ0v) is 20.3. The number of ether oxygens (including phenoxy) is 2. The van der Waals surface area contributed by atoms with E-state index in [-0.39, 0.29) is 23.5 Å². The fraction of sp³-hybridized carbons (Fsp3) is 0.0800. The first-order valence-electron chi connectivity index (χ1n) is 10.1. The first-order chi connectivity index (χ1) is 16.4. The van der Waals surface area contributed by atoms with Gasteiger partial charge in [0.05, 0.1) is 16.5 Å². The zero-order chi connectivity index (χ0) is 24.1. The first-order valence-corrected chi connectivity index (χ1v) is 11.7. The normalized spacial score (nSPS) is 15.4. The van der Waals surface area contributed by atoms with Gasteiger partial charge in [-0.25, -0.2) is 4.39 Å². The molecule has 0 saturated carbocycles. The summed E-state index contributed by atoms with van der Waals surface area (Å²) >= 11 is 4.53. The lowest BCUT2D eigenvalue weighted by Gasteiger charge is -2.14. The number of hydrogen-bond donors (Lipinski definition) is 1. The van der Waals surface area contributed by atoms with Crippen LogP contribution in [0.1, 0.15) is 21.5 Å². The Morgan fingerprint density at radius 3 is 2.62 bits per heavy atom. The number of amides is 2. The molecule has 0 bridgehead atoms. The molecule has 0 aromatic heterocycles. The van der Waals surface area contributed by atoms with Crippen molar-refractivity contribution in [1.29, 1.82) is 0 Å². The third kappa shape index (κ3) is 5.55. The largest absolute Gasteiger partial charge is 0.493 e. The molecule has 6 nitrogen and oxygen atoms in total. The van der Waals surface area contributed by atoms with Crippen LogP contribution in [0.5, 0.6) is 11.5 Å². The molecule has 1 saturated heterocycles. The Labute approximate surface area is 208 Å². The molecule has 34 heavy (non-hydrogen) atoms. The maximum atomic E-state index is 13.9. The molecule has 1 heterocycles. The van der Waals surface area contributed by atoms with Gasteiger partial charge < -0.3 is 14.8 Å². The Bertz CT molecular complexity index is 1310. The van der Waals surface area contributed by atoms with Crippen LogP contribution in [0.15, 0.2) is 81.1 Å². The number of hydrogen-bond acceptors (Lipinski definition) is 5. The molecule has 3 aromatic carbocycles. The molecule has 1 N–H and O–H groups in total. The summed E-state index contributed by atoms with van der Waals surface area (Å²) in [7, 11) is 1.49. The number of rotatable bonds is 6. The van der Waals surface area contributed by atoms with Crippen LogP contribution in [0.3, 0.4) is 0 Å². The maximum Gasteiger partial charge on any atom is 0.279 e. The third-order valence-corrected chi connectivity index (χ3v) is 6.25. The highest BCUT2D eigenvalue weighted by Gasteiger charge is 2.25. The number of halogens is 2. The summed E-state index contributed by atoms with van der Waals surface area (Å²) < 4.78 is 25.7. The molecule has 1 fully saturated rings. The lowest BCUT2D eigenvalue weighted by molar-refractivity contribution is -0.115. The van der Waals surface area contributed by atoms with Crippen molar-refractivity contribution in [3.8, 4) is 11.5 Å². The highest BCUT2D eigenvalue weighted by atomic mass is 79.9. The molecule has 0 unspecified atom stereocenters. The Morgan fingerprint density at radius 1 is 1.15 bits per heavy atom. The summed E-state index contributed by atoms with van der Waals surface area (Å²) in [6.07, 6.45) is 1.66. The molecule has 3 aromatic rings. The molecule has 0 spiro atoms. The summed E-state index contributed by atoms with van der Waals surface area (Å²) in [5, 5.41) is 2.81. The molecule has 0 aliphatic carbocycles. The van der Waals surface area contributed by atoms with Crippen LogP contribution in [0.2, 0.25) is 0 Å². The number of aliphatic imine (C=N–C) groups is 1. The Kier molecular flexibility index (Phi) is 7.44. The van der Waals surface area contributed by atoms with Crippen molar-refractivity contribution >= 4 is 50.7 Å². The van der Waals surface area contributed by atoms with Crippen molar-refractivity contribution in [2.75, 3.05) is 7.11 Å². The van der Waals surface area contributed by atoms with Gasteiger partial charge >= 0.3 is 0 Å². The maximum absolute atomic E-state index is 13.9. The van der Waals surface area contributed by atoms with E-state index in [1.807, 2.05) is 0 Å². The molecule has 4 rings (SSSR count). The van der Waals surface area contributed by atoms with Gasteiger partial charge in [0, 0.05) is 11.1 Å². The molecular weight excluding hydrogens is 523 g/mol. The van der Waals surface area contributed by atoms with Gasteiger partial charge in [-0.15, -0.1) is 0 Å². The quantitative estimate of drug-likeness (QED) is 0.413. The van der Waals surface area contributed by atoms with Gasteiger partial charge in [0.1, 0.15) is 12.4 Å². The van der Waals surface area contributed by atoms with Gasteiger partial charge in [-0.3, -0.25) is 9.59 Å². The number of methoxy groups -OCH3 is 1. The predicted octanol–water partition coefficient (Wildman–Crippen LogP) is 5.58. The molecule has 9 heteroatoms. The van der Waals surface area contributed by atoms with Crippen LogP contribution in [-0.4, -0.2) is 24.1 Å². The smallest absolute Gasteiger partial charge is 0.279 e. The Balaban J connectivity index is 1.53. The summed E-state index contributed by atoms with van der Waals surface area (Å²) in [6.45, 7) is 0.0234. The van der Waals surface area contributed by atoms with Crippen LogP contribution in [-0.2, 0) is 11.4 Å². The minimum absolute atomic E-state index is 0.0234. The van der Waals surface area contributed by atoms with E-state index in [9.17, 15) is 14.0 Å². The van der Waals surface area contributed by atoms with Crippen LogP contribution in [0.4, 0.5) is 4.39 Å². The van der Waals surface area contributed by atoms with Gasteiger partial charge in [-0.05, 0) is 69.7 Å².